The Balaban J connectivity index is -0.000000442. The molecule has 3 N–H and O–H groups in total. The lowest BCUT2D eigenvalue weighted by atomic mass is 10.3. The Bertz CT molecular complexity index is 527. The van der Waals surface area contributed by atoms with E-state index in [1.54, 1.807) is 0 Å². The third-order valence-corrected chi connectivity index (χ3v) is 2.82. The number of carbonyl (C=O) groups is 1. The van der Waals surface area contributed by atoms with Gasteiger partial charge in [-0.3, -0.25) is 9.78 Å². The van der Waals surface area contributed by atoms with Gasteiger partial charge in [-0.05, 0) is 19.2 Å². The van der Waals surface area contributed by atoms with Gasteiger partial charge in [0.1, 0.15) is 0 Å². The van der Waals surface area contributed by atoms with Crippen molar-refractivity contribution < 1.29 is 29.1 Å². The molecule has 2 bridgehead atoms. The van der Waals surface area contributed by atoms with Crippen LogP contribution >= 0.6 is 0 Å². The number of carboxylic acids is 1. The van der Waals surface area contributed by atoms with Crippen molar-refractivity contribution in [2.75, 3.05) is 33.2 Å². The summed E-state index contributed by atoms with van der Waals surface area (Å²) in [7, 11) is 2.16. The van der Waals surface area contributed by atoms with Crippen molar-refractivity contribution >= 4 is 18.3 Å². The van der Waals surface area contributed by atoms with E-state index in [-0.39, 0.29) is 19.7 Å². The van der Waals surface area contributed by atoms with Gasteiger partial charge in [0.05, 0.1) is 11.4 Å². The topological polar surface area (TPSA) is 146 Å². The minimum atomic E-state index is -0.833. The summed E-state index contributed by atoms with van der Waals surface area (Å²) in [6.07, 6.45) is 0.500. The molecule has 10 nitrogen and oxygen atoms in total. The minimum Gasteiger partial charge on any atom is -0.481 e. The lowest BCUT2D eigenvalue weighted by molar-refractivity contribution is -0.193. The molecule has 1 aromatic rings. The number of rotatable bonds is 0. The number of hydrogen-bond donors (Lipinski definition) is 3. The first-order chi connectivity index (χ1) is 12.4. The number of carboxylic acid groups (broad SMARTS) is 1. The van der Waals surface area contributed by atoms with Crippen LogP contribution in [0.2, 0.25) is 0 Å². The summed E-state index contributed by atoms with van der Waals surface area (Å²) < 4.78 is 0. The quantitative estimate of drug-likeness (QED) is 0.548. The van der Waals surface area contributed by atoms with Gasteiger partial charge < -0.3 is 20.6 Å². The molecule has 1 aromatic heterocycles. The van der Waals surface area contributed by atoms with Crippen LogP contribution in [0, 0.1) is 0 Å². The normalized spacial score (nSPS) is 13.3. The molecule has 0 amide bonds. The summed E-state index contributed by atoms with van der Waals surface area (Å²) in [6, 6.07) is 6.23. The summed E-state index contributed by atoms with van der Waals surface area (Å²) in [4.78, 5) is 48.4. The number of aromatic nitrogens is 1. The van der Waals surface area contributed by atoms with E-state index < -0.39 is 5.97 Å². The Morgan fingerprint density at radius 3 is 1.70 bits per heavy atom. The number of nitrogens with zero attached hydrogens (tertiary/aromatic N) is 2. The molecule has 0 unspecified atom stereocenters. The third kappa shape index (κ3) is 23.3. The highest BCUT2D eigenvalue weighted by Crippen LogP contribution is 1.99. The van der Waals surface area contributed by atoms with Crippen molar-refractivity contribution in [3.05, 3.63) is 29.6 Å². The number of fused-ring (bicyclic) bond motifs is 2. The molecular formula is C17H28N4O6. The van der Waals surface area contributed by atoms with Crippen LogP contribution in [-0.2, 0) is 37.1 Å². The Hall–Kier alpha value is -2.74. The Morgan fingerprint density at radius 2 is 1.37 bits per heavy atom. The number of nitrogens with one attached hydrogen (secondary N) is 2. The summed E-state index contributed by atoms with van der Waals surface area (Å²) in [5.41, 5.74) is 2.25. The first-order valence-electron chi connectivity index (χ1n) is 7.64. The Labute approximate surface area is 159 Å². The van der Waals surface area contributed by atoms with Crippen molar-refractivity contribution in [2.24, 2.45) is 0 Å². The van der Waals surface area contributed by atoms with Crippen molar-refractivity contribution in [3.8, 4) is 0 Å². The van der Waals surface area contributed by atoms with E-state index in [4.69, 9.17) is 29.1 Å². The van der Waals surface area contributed by atoms with Gasteiger partial charge in [0, 0.05) is 46.2 Å². The molecule has 2 heterocycles. The fraction of sp³-hybridized carbons (Fsp3) is 0.529. The monoisotopic (exact) mass is 384 g/mol. The number of likely N-dealkylation sites (N-methyl/N-ethyl adjacent to an activating group) is 1. The van der Waals surface area contributed by atoms with Crippen molar-refractivity contribution in [3.63, 3.8) is 0 Å². The van der Waals surface area contributed by atoms with Gasteiger partial charge in [0.15, 0.2) is 0 Å². The summed E-state index contributed by atoms with van der Waals surface area (Å²) in [6.45, 7) is 7.01. The Morgan fingerprint density at radius 1 is 1.04 bits per heavy atom. The molecular weight excluding hydrogens is 356 g/mol. The lowest BCUT2D eigenvalue weighted by Crippen LogP contribution is -2.34. The van der Waals surface area contributed by atoms with Crippen molar-refractivity contribution in [1.82, 2.24) is 20.5 Å². The standard InChI is InChI=1S/C12H20N4.C2H4O2.2CO2.CH4/c1-16-7-5-13-9-11-3-2-4-12(15-11)10-14-6-8-16;1-2(3)4;2*2-1-3;/h2-4,13-14H,5-10H2,1H3;1H3,(H,3,4);;;1H4. The van der Waals surface area contributed by atoms with Crippen LogP contribution in [0.15, 0.2) is 18.2 Å². The predicted octanol–water partition coefficient (Wildman–Crippen LogP) is -0.234. The molecule has 2 rings (SSSR count). The van der Waals surface area contributed by atoms with Gasteiger partial charge in [-0.1, -0.05) is 13.5 Å². The van der Waals surface area contributed by atoms with Gasteiger partial charge in [-0.2, -0.15) is 19.2 Å². The van der Waals surface area contributed by atoms with Crippen LogP contribution in [0.4, 0.5) is 0 Å². The molecule has 27 heavy (non-hydrogen) atoms. The molecule has 0 radical (unpaired) electrons. The first-order valence-corrected chi connectivity index (χ1v) is 7.64. The second-order valence-corrected chi connectivity index (χ2v) is 4.96. The number of carbonyl (C=O) groups excluding carboxylic acids is 4. The molecule has 152 valence electrons. The van der Waals surface area contributed by atoms with E-state index in [1.807, 2.05) is 0 Å². The van der Waals surface area contributed by atoms with Gasteiger partial charge >= 0.3 is 12.3 Å². The van der Waals surface area contributed by atoms with Crippen LogP contribution < -0.4 is 10.6 Å². The average molecular weight is 384 g/mol. The second kappa shape index (κ2) is 21.3. The molecule has 10 heteroatoms. The average Bonchev–Trinajstić information content (AvgIpc) is 2.56. The van der Waals surface area contributed by atoms with Gasteiger partial charge in [-0.25, -0.2) is 0 Å². The fourth-order valence-electron chi connectivity index (χ4n) is 1.81. The summed E-state index contributed by atoms with van der Waals surface area (Å²) in [5.74, 6) is -0.833. The summed E-state index contributed by atoms with van der Waals surface area (Å²) >= 11 is 0. The van der Waals surface area contributed by atoms with Crippen LogP contribution in [-0.4, -0.2) is 66.5 Å². The molecule has 0 saturated heterocycles. The van der Waals surface area contributed by atoms with Crippen molar-refractivity contribution in [2.45, 2.75) is 27.4 Å². The smallest absolute Gasteiger partial charge is 0.373 e. The summed E-state index contributed by atoms with van der Waals surface area (Å²) in [5, 5.41) is 14.3. The van der Waals surface area contributed by atoms with Crippen LogP contribution in [0.25, 0.3) is 0 Å². The third-order valence-electron chi connectivity index (χ3n) is 2.82. The van der Waals surface area contributed by atoms with Gasteiger partial charge in [-0.15, -0.1) is 0 Å². The maximum absolute atomic E-state index is 9.00. The Kier molecular flexibility index (Phi) is 22.9. The zero-order chi connectivity index (χ0) is 20.2. The van der Waals surface area contributed by atoms with E-state index >= 15 is 0 Å². The van der Waals surface area contributed by atoms with Gasteiger partial charge in [0.25, 0.3) is 5.97 Å². The predicted molar refractivity (Wildman–Crippen MR) is 95.2 cm³/mol. The zero-order valence-corrected chi connectivity index (χ0v) is 14.9. The van der Waals surface area contributed by atoms with Crippen LogP contribution in [0.1, 0.15) is 25.7 Å². The fourth-order valence-corrected chi connectivity index (χ4v) is 1.81. The van der Waals surface area contributed by atoms with Gasteiger partial charge in [0.2, 0.25) is 0 Å². The van der Waals surface area contributed by atoms with Crippen LogP contribution in [0.5, 0.6) is 0 Å². The maximum Gasteiger partial charge on any atom is 0.373 e. The van der Waals surface area contributed by atoms with Crippen molar-refractivity contribution in [1.29, 1.82) is 0 Å². The minimum absolute atomic E-state index is 0. The lowest BCUT2D eigenvalue weighted by Gasteiger charge is -2.18. The number of pyridine rings is 1. The van der Waals surface area contributed by atoms with Crippen LogP contribution in [0.3, 0.4) is 0 Å². The molecule has 0 saturated carbocycles. The zero-order valence-electron chi connectivity index (χ0n) is 14.9. The molecule has 0 atom stereocenters. The molecule has 0 fully saturated rings. The largest absolute Gasteiger partial charge is 0.481 e. The van der Waals surface area contributed by atoms with E-state index in [9.17, 15) is 0 Å². The molecule has 0 spiro atoms. The van der Waals surface area contributed by atoms with E-state index in [0.717, 1.165) is 57.6 Å². The van der Waals surface area contributed by atoms with E-state index in [2.05, 4.69) is 45.8 Å². The molecule has 1 aliphatic rings. The highest BCUT2D eigenvalue weighted by atomic mass is 16.4. The van der Waals surface area contributed by atoms with E-state index in [0.29, 0.717) is 0 Å². The second-order valence-electron chi connectivity index (χ2n) is 4.96. The SMILES string of the molecule is C.CC(=O)O.CN1CCNCc2cccc(n2)CNCC1.O=C=O.O=C=O. The maximum atomic E-state index is 9.00. The highest BCUT2D eigenvalue weighted by molar-refractivity contribution is 5.62. The molecule has 0 aromatic carbocycles. The molecule has 1 aliphatic heterocycles. The molecule has 0 aliphatic carbocycles. The number of hydrogen-bond acceptors (Lipinski definition) is 9. The first kappa shape index (κ1) is 29.0. The number of aliphatic carboxylic acids is 1. The van der Waals surface area contributed by atoms with E-state index in [1.165, 1.54) is 0 Å². The highest BCUT2D eigenvalue weighted by Gasteiger charge is 2.02.